The lowest BCUT2D eigenvalue weighted by atomic mass is 10.2. The number of benzene rings is 2. The van der Waals surface area contributed by atoms with Gasteiger partial charge in [0.2, 0.25) is 5.76 Å². The minimum atomic E-state index is -0.684. The summed E-state index contributed by atoms with van der Waals surface area (Å²) >= 11 is 0. The number of methoxy groups -OCH3 is 1. The summed E-state index contributed by atoms with van der Waals surface area (Å²) in [5, 5.41) is 3.42. The molecule has 1 aromatic heterocycles. The summed E-state index contributed by atoms with van der Waals surface area (Å²) in [7, 11) is 1.56. The van der Waals surface area contributed by atoms with Gasteiger partial charge in [-0.3, -0.25) is 4.79 Å². The number of carbonyl (C=O) groups excluding carboxylic acids is 2. The molecule has 0 fully saturated rings. The third kappa shape index (κ3) is 3.55. The molecule has 3 rings (SSSR count). The molecule has 0 unspecified atom stereocenters. The van der Waals surface area contributed by atoms with E-state index in [0.717, 1.165) is 5.39 Å². The number of furan rings is 1. The standard InChI is InChI=1S/C18H15NO5/c1-22-14-8-6-13(7-9-14)19-17(20)11-23-18(21)16-10-12-4-2-3-5-15(12)24-16/h2-10H,11H2,1H3,(H,19,20). The number of esters is 1. The van der Waals surface area contributed by atoms with Crippen molar-refractivity contribution in [1.29, 1.82) is 0 Å². The number of para-hydroxylation sites is 1. The number of anilines is 1. The Morgan fingerprint density at radius 3 is 2.54 bits per heavy atom. The molecule has 3 aromatic rings. The highest BCUT2D eigenvalue weighted by Crippen LogP contribution is 2.19. The van der Waals surface area contributed by atoms with Crippen molar-refractivity contribution in [3.8, 4) is 5.75 Å². The molecule has 1 heterocycles. The van der Waals surface area contributed by atoms with Gasteiger partial charge in [0.25, 0.3) is 5.91 Å². The molecule has 1 N–H and O–H groups in total. The molecular weight excluding hydrogens is 310 g/mol. The minimum absolute atomic E-state index is 0.0634. The number of hydrogen-bond acceptors (Lipinski definition) is 5. The van der Waals surface area contributed by atoms with E-state index in [1.807, 2.05) is 18.2 Å². The van der Waals surface area contributed by atoms with E-state index in [-0.39, 0.29) is 5.76 Å². The van der Waals surface area contributed by atoms with Gasteiger partial charge in [0.05, 0.1) is 7.11 Å². The Morgan fingerprint density at radius 2 is 1.83 bits per heavy atom. The van der Waals surface area contributed by atoms with Crippen molar-refractivity contribution >= 4 is 28.5 Å². The summed E-state index contributed by atoms with van der Waals surface area (Å²) in [6, 6.07) is 15.6. The number of nitrogens with one attached hydrogen (secondary N) is 1. The van der Waals surface area contributed by atoms with Gasteiger partial charge in [-0.25, -0.2) is 4.79 Å². The molecule has 0 radical (unpaired) electrons. The van der Waals surface area contributed by atoms with Gasteiger partial charge in [0.1, 0.15) is 11.3 Å². The van der Waals surface area contributed by atoms with E-state index in [1.54, 1.807) is 43.5 Å². The highest BCUT2D eigenvalue weighted by Gasteiger charge is 2.15. The van der Waals surface area contributed by atoms with Gasteiger partial charge in [0.15, 0.2) is 6.61 Å². The lowest BCUT2D eigenvalue weighted by Gasteiger charge is -2.06. The van der Waals surface area contributed by atoms with E-state index in [9.17, 15) is 9.59 Å². The largest absolute Gasteiger partial charge is 0.497 e. The molecule has 0 aliphatic rings. The maximum absolute atomic E-state index is 11.9. The predicted molar refractivity (Wildman–Crippen MR) is 88.1 cm³/mol. The quantitative estimate of drug-likeness (QED) is 0.729. The average molecular weight is 325 g/mol. The van der Waals surface area contributed by atoms with Crippen LogP contribution in [0.1, 0.15) is 10.6 Å². The highest BCUT2D eigenvalue weighted by molar-refractivity contribution is 5.96. The topological polar surface area (TPSA) is 77.8 Å². The Labute approximate surface area is 138 Å². The van der Waals surface area contributed by atoms with Crippen LogP contribution in [0.4, 0.5) is 5.69 Å². The third-order valence-corrected chi connectivity index (χ3v) is 3.33. The molecule has 24 heavy (non-hydrogen) atoms. The van der Waals surface area contributed by atoms with Crippen molar-refractivity contribution in [2.45, 2.75) is 0 Å². The van der Waals surface area contributed by atoms with Crippen LogP contribution in [-0.4, -0.2) is 25.6 Å². The number of carbonyl (C=O) groups is 2. The fourth-order valence-electron chi connectivity index (χ4n) is 2.16. The Morgan fingerprint density at radius 1 is 1.08 bits per heavy atom. The average Bonchev–Trinajstić information content (AvgIpc) is 3.04. The Bertz CT molecular complexity index is 834. The lowest BCUT2D eigenvalue weighted by Crippen LogP contribution is -2.20. The maximum atomic E-state index is 11.9. The fraction of sp³-hybridized carbons (Fsp3) is 0.111. The van der Waals surface area contributed by atoms with E-state index < -0.39 is 18.5 Å². The molecule has 6 heteroatoms. The second kappa shape index (κ2) is 6.87. The first kappa shape index (κ1) is 15.6. The molecular formula is C18H15NO5. The molecule has 0 aliphatic heterocycles. The number of hydrogen-bond donors (Lipinski definition) is 1. The summed E-state index contributed by atoms with van der Waals surface area (Å²) in [6.07, 6.45) is 0. The Kier molecular flexibility index (Phi) is 4.47. The predicted octanol–water partition coefficient (Wildman–Crippen LogP) is 3.24. The number of fused-ring (bicyclic) bond motifs is 1. The van der Waals surface area contributed by atoms with Crippen molar-refractivity contribution in [3.05, 3.63) is 60.4 Å². The van der Waals surface area contributed by atoms with E-state index in [4.69, 9.17) is 13.9 Å². The normalized spacial score (nSPS) is 10.4. The molecule has 2 aromatic carbocycles. The Hall–Kier alpha value is -3.28. The van der Waals surface area contributed by atoms with E-state index in [2.05, 4.69) is 5.32 Å². The monoisotopic (exact) mass is 325 g/mol. The highest BCUT2D eigenvalue weighted by atomic mass is 16.5. The van der Waals surface area contributed by atoms with E-state index >= 15 is 0 Å². The molecule has 0 spiro atoms. The van der Waals surface area contributed by atoms with Crippen LogP contribution in [0.15, 0.2) is 59.0 Å². The van der Waals surface area contributed by atoms with Gasteiger partial charge in [-0.2, -0.15) is 0 Å². The van der Waals surface area contributed by atoms with Crippen LogP contribution in [-0.2, 0) is 9.53 Å². The van der Waals surface area contributed by atoms with Gasteiger partial charge in [0, 0.05) is 11.1 Å². The van der Waals surface area contributed by atoms with Crippen LogP contribution in [0.2, 0.25) is 0 Å². The summed E-state index contributed by atoms with van der Waals surface area (Å²) < 4.78 is 15.4. The van der Waals surface area contributed by atoms with Gasteiger partial charge >= 0.3 is 5.97 Å². The van der Waals surface area contributed by atoms with Crippen LogP contribution >= 0.6 is 0 Å². The summed E-state index contributed by atoms with van der Waals surface area (Å²) in [5.41, 5.74) is 1.17. The lowest BCUT2D eigenvalue weighted by molar-refractivity contribution is -0.119. The van der Waals surface area contributed by atoms with Crippen LogP contribution in [0.3, 0.4) is 0 Å². The number of ether oxygens (including phenoxy) is 2. The van der Waals surface area contributed by atoms with Crippen LogP contribution < -0.4 is 10.1 Å². The van der Waals surface area contributed by atoms with Crippen molar-refractivity contribution in [1.82, 2.24) is 0 Å². The fourth-order valence-corrected chi connectivity index (χ4v) is 2.16. The summed E-state index contributed by atoms with van der Waals surface area (Å²) in [4.78, 5) is 23.8. The van der Waals surface area contributed by atoms with Crippen LogP contribution in [0.25, 0.3) is 11.0 Å². The molecule has 0 atom stereocenters. The first-order chi connectivity index (χ1) is 11.7. The van der Waals surface area contributed by atoms with E-state index in [1.165, 1.54) is 0 Å². The zero-order chi connectivity index (χ0) is 16.9. The van der Waals surface area contributed by atoms with Crippen LogP contribution in [0.5, 0.6) is 5.75 Å². The van der Waals surface area contributed by atoms with Crippen molar-refractivity contribution in [2.75, 3.05) is 19.0 Å². The Balaban J connectivity index is 1.55. The van der Waals surface area contributed by atoms with Crippen molar-refractivity contribution < 1.29 is 23.5 Å². The molecule has 0 saturated heterocycles. The zero-order valence-corrected chi connectivity index (χ0v) is 12.9. The van der Waals surface area contributed by atoms with Crippen molar-refractivity contribution in [3.63, 3.8) is 0 Å². The minimum Gasteiger partial charge on any atom is -0.497 e. The molecule has 0 saturated carbocycles. The molecule has 122 valence electrons. The van der Waals surface area contributed by atoms with Gasteiger partial charge in [-0.15, -0.1) is 0 Å². The second-order valence-corrected chi connectivity index (χ2v) is 5.00. The molecule has 1 amide bonds. The molecule has 0 bridgehead atoms. The maximum Gasteiger partial charge on any atom is 0.374 e. The summed E-state index contributed by atoms with van der Waals surface area (Å²) in [6.45, 7) is -0.401. The van der Waals surface area contributed by atoms with Crippen molar-refractivity contribution in [2.24, 2.45) is 0 Å². The second-order valence-electron chi connectivity index (χ2n) is 5.00. The molecule has 6 nitrogen and oxygen atoms in total. The first-order valence-electron chi connectivity index (χ1n) is 7.25. The van der Waals surface area contributed by atoms with Gasteiger partial charge in [-0.05, 0) is 36.4 Å². The smallest absolute Gasteiger partial charge is 0.374 e. The van der Waals surface area contributed by atoms with Gasteiger partial charge in [-0.1, -0.05) is 18.2 Å². The third-order valence-electron chi connectivity index (χ3n) is 3.33. The molecule has 0 aliphatic carbocycles. The first-order valence-corrected chi connectivity index (χ1v) is 7.25. The zero-order valence-electron chi connectivity index (χ0n) is 12.9. The summed E-state index contributed by atoms with van der Waals surface area (Å²) in [5.74, 6) is -0.376. The van der Waals surface area contributed by atoms with Gasteiger partial charge < -0.3 is 19.2 Å². The number of rotatable bonds is 5. The van der Waals surface area contributed by atoms with E-state index in [0.29, 0.717) is 17.0 Å². The number of amides is 1. The SMILES string of the molecule is COc1ccc(NC(=O)COC(=O)c2cc3ccccc3o2)cc1. The van der Waals surface area contributed by atoms with Crippen LogP contribution in [0, 0.1) is 0 Å².